The first-order chi connectivity index (χ1) is 8.17. The first kappa shape index (κ1) is 12.3. The van der Waals surface area contributed by atoms with Crippen LogP contribution in [0.3, 0.4) is 0 Å². The summed E-state index contributed by atoms with van der Waals surface area (Å²) in [5.74, 6) is 1.90. The molecule has 0 aliphatic rings. The Hall–Kier alpha value is -1.13. The highest BCUT2D eigenvalue weighted by molar-refractivity contribution is 9.10. The molecule has 0 saturated carbocycles. The van der Waals surface area contributed by atoms with Crippen LogP contribution in [0.5, 0.6) is 11.6 Å². The molecule has 2 aromatic rings. The second-order valence-electron chi connectivity index (χ2n) is 3.36. The molecule has 0 aliphatic heterocycles. The van der Waals surface area contributed by atoms with Gasteiger partial charge in [-0.25, -0.2) is 4.98 Å². The van der Waals surface area contributed by atoms with Crippen molar-refractivity contribution in [3.05, 3.63) is 45.8 Å². The lowest BCUT2D eigenvalue weighted by atomic mass is 10.3. The van der Waals surface area contributed by atoms with E-state index in [0.29, 0.717) is 21.3 Å². The van der Waals surface area contributed by atoms with E-state index in [4.69, 9.17) is 16.3 Å². The van der Waals surface area contributed by atoms with E-state index in [1.807, 2.05) is 19.1 Å². The van der Waals surface area contributed by atoms with E-state index in [-0.39, 0.29) is 0 Å². The summed E-state index contributed by atoms with van der Waals surface area (Å²) in [6.07, 6.45) is 0.755. The Balaban J connectivity index is 2.26. The van der Waals surface area contributed by atoms with Crippen molar-refractivity contribution >= 4 is 27.5 Å². The molecular weight excluding hydrogens is 304 g/mol. The Bertz CT molecular complexity index is 534. The maximum atomic E-state index is 5.88. The van der Waals surface area contributed by atoms with Gasteiger partial charge in [0.15, 0.2) is 0 Å². The summed E-state index contributed by atoms with van der Waals surface area (Å²) in [6, 6.07) is 8.91. The molecule has 0 amide bonds. The van der Waals surface area contributed by atoms with Gasteiger partial charge in [-0.15, -0.1) is 0 Å². The van der Waals surface area contributed by atoms with Crippen molar-refractivity contribution in [3.8, 4) is 11.6 Å². The molecule has 0 fully saturated rings. The minimum Gasteiger partial charge on any atom is -0.439 e. The molecule has 1 heterocycles. The molecule has 0 saturated heterocycles. The van der Waals surface area contributed by atoms with Crippen LogP contribution in [0.25, 0.3) is 0 Å². The minimum atomic E-state index is 0.506. The highest BCUT2D eigenvalue weighted by atomic mass is 79.9. The van der Waals surface area contributed by atoms with Crippen molar-refractivity contribution in [2.45, 2.75) is 13.3 Å². The van der Waals surface area contributed by atoms with Crippen LogP contribution in [0.4, 0.5) is 0 Å². The molecule has 0 bridgehead atoms. The zero-order chi connectivity index (χ0) is 12.3. The number of ether oxygens (including phenoxy) is 1. The molecule has 3 nitrogen and oxygen atoms in total. The number of aryl methyl sites for hydroxylation is 1. The summed E-state index contributed by atoms with van der Waals surface area (Å²) in [7, 11) is 0. The summed E-state index contributed by atoms with van der Waals surface area (Å²) in [4.78, 5) is 8.48. The molecule has 0 unspecified atom stereocenters. The lowest BCUT2D eigenvalue weighted by molar-refractivity contribution is 0.458. The Kier molecular flexibility index (Phi) is 3.97. The van der Waals surface area contributed by atoms with Gasteiger partial charge in [-0.2, -0.15) is 4.98 Å². The summed E-state index contributed by atoms with van der Waals surface area (Å²) < 4.78 is 6.33. The number of aromatic nitrogens is 2. The summed E-state index contributed by atoms with van der Waals surface area (Å²) >= 11 is 9.20. The standard InChI is InChI=1S/C12H10BrClN2O/c1-2-11-15-10(13)7-12(16-11)17-9-5-3-4-8(14)6-9/h3-7H,2H2,1H3. The third-order valence-corrected chi connectivity index (χ3v) is 2.69. The zero-order valence-corrected chi connectivity index (χ0v) is 11.5. The summed E-state index contributed by atoms with van der Waals surface area (Å²) in [5.41, 5.74) is 0. The normalized spacial score (nSPS) is 10.3. The van der Waals surface area contributed by atoms with Gasteiger partial charge < -0.3 is 4.74 Å². The van der Waals surface area contributed by atoms with Crippen molar-refractivity contribution in [2.24, 2.45) is 0 Å². The van der Waals surface area contributed by atoms with Crippen LogP contribution in [0.1, 0.15) is 12.7 Å². The van der Waals surface area contributed by atoms with Gasteiger partial charge in [-0.1, -0.05) is 24.6 Å². The molecule has 0 radical (unpaired) electrons. The van der Waals surface area contributed by atoms with Gasteiger partial charge in [0.2, 0.25) is 5.88 Å². The van der Waals surface area contributed by atoms with Gasteiger partial charge in [0.1, 0.15) is 16.2 Å². The minimum absolute atomic E-state index is 0.506. The number of rotatable bonds is 3. The topological polar surface area (TPSA) is 35.0 Å². The lowest BCUT2D eigenvalue weighted by Crippen LogP contribution is -1.96. The Morgan fingerprint density at radius 3 is 2.82 bits per heavy atom. The van der Waals surface area contributed by atoms with Crippen LogP contribution in [0.2, 0.25) is 5.02 Å². The third-order valence-electron chi connectivity index (χ3n) is 2.05. The number of hydrogen-bond acceptors (Lipinski definition) is 3. The Morgan fingerprint density at radius 2 is 2.12 bits per heavy atom. The molecule has 0 atom stereocenters. The number of hydrogen-bond donors (Lipinski definition) is 0. The molecule has 0 spiro atoms. The van der Waals surface area contributed by atoms with Crippen LogP contribution in [0.15, 0.2) is 34.9 Å². The van der Waals surface area contributed by atoms with Crippen molar-refractivity contribution in [2.75, 3.05) is 0 Å². The van der Waals surface area contributed by atoms with Gasteiger partial charge >= 0.3 is 0 Å². The molecular formula is C12H10BrClN2O. The SMILES string of the molecule is CCc1nc(Br)cc(Oc2cccc(Cl)c2)n1. The van der Waals surface area contributed by atoms with Crippen LogP contribution in [0, 0.1) is 0 Å². The Labute approximate surface area is 113 Å². The van der Waals surface area contributed by atoms with E-state index >= 15 is 0 Å². The molecule has 88 valence electrons. The van der Waals surface area contributed by atoms with Gasteiger partial charge in [0, 0.05) is 17.5 Å². The lowest BCUT2D eigenvalue weighted by Gasteiger charge is -2.06. The molecule has 0 N–H and O–H groups in total. The molecule has 5 heteroatoms. The van der Waals surface area contributed by atoms with E-state index in [2.05, 4.69) is 25.9 Å². The van der Waals surface area contributed by atoms with Crippen molar-refractivity contribution in [1.29, 1.82) is 0 Å². The highest BCUT2D eigenvalue weighted by Crippen LogP contribution is 2.24. The third kappa shape index (κ3) is 3.41. The summed E-state index contributed by atoms with van der Waals surface area (Å²) in [5, 5.41) is 0.631. The van der Waals surface area contributed by atoms with Gasteiger partial charge in [0.25, 0.3) is 0 Å². The first-order valence-corrected chi connectivity index (χ1v) is 6.31. The number of halogens is 2. The molecule has 0 aliphatic carbocycles. The quantitative estimate of drug-likeness (QED) is 0.795. The van der Waals surface area contributed by atoms with E-state index in [1.54, 1.807) is 18.2 Å². The van der Waals surface area contributed by atoms with Crippen molar-refractivity contribution < 1.29 is 4.74 Å². The average molecular weight is 314 g/mol. The molecule has 1 aromatic carbocycles. The predicted molar refractivity (Wildman–Crippen MR) is 70.6 cm³/mol. The van der Waals surface area contributed by atoms with E-state index in [1.165, 1.54) is 0 Å². The highest BCUT2D eigenvalue weighted by Gasteiger charge is 2.04. The van der Waals surface area contributed by atoms with Crippen LogP contribution >= 0.6 is 27.5 Å². The molecule has 1 aromatic heterocycles. The predicted octanol–water partition coefficient (Wildman–Crippen LogP) is 4.25. The van der Waals surface area contributed by atoms with Gasteiger partial charge in [-0.05, 0) is 34.1 Å². The fourth-order valence-corrected chi connectivity index (χ4v) is 1.88. The molecule has 17 heavy (non-hydrogen) atoms. The fourth-order valence-electron chi connectivity index (χ4n) is 1.30. The largest absolute Gasteiger partial charge is 0.439 e. The van der Waals surface area contributed by atoms with Gasteiger partial charge in [-0.3, -0.25) is 0 Å². The van der Waals surface area contributed by atoms with Crippen molar-refractivity contribution in [3.63, 3.8) is 0 Å². The monoisotopic (exact) mass is 312 g/mol. The van der Waals surface area contributed by atoms with Crippen LogP contribution < -0.4 is 4.74 Å². The van der Waals surface area contributed by atoms with E-state index in [0.717, 1.165) is 12.2 Å². The zero-order valence-electron chi connectivity index (χ0n) is 9.15. The summed E-state index contributed by atoms with van der Waals surface area (Å²) in [6.45, 7) is 1.99. The van der Waals surface area contributed by atoms with E-state index < -0.39 is 0 Å². The van der Waals surface area contributed by atoms with Crippen LogP contribution in [-0.2, 0) is 6.42 Å². The maximum Gasteiger partial charge on any atom is 0.223 e. The van der Waals surface area contributed by atoms with Crippen LogP contribution in [-0.4, -0.2) is 9.97 Å². The second-order valence-corrected chi connectivity index (χ2v) is 4.61. The number of nitrogens with zero attached hydrogens (tertiary/aromatic N) is 2. The fraction of sp³-hybridized carbons (Fsp3) is 0.167. The number of benzene rings is 1. The van der Waals surface area contributed by atoms with E-state index in [9.17, 15) is 0 Å². The average Bonchev–Trinajstić information content (AvgIpc) is 2.28. The Morgan fingerprint density at radius 1 is 1.29 bits per heavy atom. The molecule has 2 rings (SSSR count). The smallest absolute Gasteiger partial charge is 0.223 e. The second kappa shape index (κ2) is 5.47. The first-order valence-electron chi connectivity index (χ1n) is 5.14. The maximum absolute atomic E-state index is 5.88. The van der Waals surface area contributed by atoms with Crippen molar-refractivity contribution in [1.82, 2.24) is 9.97 Å². The van der Waals surface area contributed by atoms with Gasteiger partial charge in [0.05, 0.1) is 0 Å².